The Hall–Kier alpha value is -2.30. The fourth-order valence-electron chi connectivity index (χ4n) is 1.44. The minimum atomic E-state index is -0.213. The molecule has 5 heteroatoms. The zero-order valence-electron chi connectivity index (χ0n) is 9.68. The van der Waals surface area contributed by atoms with E-state index < -0.39 is 0 Å². The van der Waals surface area contributed by atoms with Crippen molar-refractivity contribution in [2.24, 2.45) is 0 Å². The van der Waals surface area contributed by atoms with E-state index in [1.54, 1.807) is 24.4 Å². The van der Waals surface area contributed by atoms with Crippen molar-refractivity contribution < 1.29 is 9.21 Å². The van der Waals surface area contributed by atoms with Crippen LogP contribution in [0, 0.1) is 0 Å². The molecule has 0 fully saturated rings. The van der Waals surface area contributed by atoms with Crippen LogP contribution in [-0.2, 0) is 0 Å². The molecule has 17 heavy (non-hydrogen) atoms. The largest absolute Gasteiger partial charge is 0.472 e. The van der Waals surface area contributed by atoms with Crippen molar-refractivity contribution >= 4 is 17.4 Å². The minimum absolute atomic E-state index is 0.213. The number of hydrogen-bond acceptors (Lipinski definition) is 4. The van der Waals surface area contributed by atoms with Crippen molar-refractivity contribution in [2.45, 2.75) is 0 Å². The molecular weight excluding hydrogens is 218 g/mol. The molecular formula is C12H13N3O2. The molecule has 0 saturated carbocycles. The SMILES string of the molecule is CN(C)c1ncccc1NC(=O)c1ccoc1. The number of carbonyl (C=O) groups is 1. The van der Waals surface area contributed by atoms with Crippen LogP contribution in [0.5, 0.6) is 0 Å². The second-order valence-electron chi connectivity index (χ2n) is 3.74. The topological polar surface area (TPSA) is 58.4 Å². The van der Waals surface area contributed by atoms with E-state index >= 15 is 0 Å². The molecule has 0 aliphatic heterocycles. The molecule has 1 amide bonds. The van der Waals surface area contributed by atoms with Crippen LogP contribution in [0.2, 0.25) is 0 Å². The Morgan fingerprint density at radius 1 is 1.41 bits per heavy atom. The molecule has 0 atom stereocenters. The zero-order chi connectivity index (χ0) is 12.3. The summed E-state index contributed by atoms with van der Waals surface area (Å²) in [5.41, 5.74) is 1.15. The Bertz CT molecular complexity index is 506. The third-order valence-corrected chi connectivity index (χ3v) is 2.24. The summed E-state index contributed by atoms with van der Waals surface area (Å²) in [6.07, 6.45) is 4.55. The van der Waals surface area contributed by atoms with Gasteiger partial charge in [0.05, 0.1) is 17.5 Å². The highest BCUT2D eigenvalue weighted by Crippen LogP contribution is 2.21. The first-order chi connectivity index (χ1) is 8.18. The summed E-state index contributed by atoms with van der Waals surface area (Å²) in [5.74, 6) is 0.499. The van der Waals surface area contributed by atoms with E-state index in [0.717, 1.165) is 0 Å². The van der Waals surface area contributed by atoms with Crippen LogP contribution in [0.4, 0.5) is 11.5 Å². The molecule has 0 bridgehead atoms. The van der Waals surface area contributed by atoms with Crippen LogP contribution >= 0.6 is 0 Å². The number of nitrogens with one attached hydrogen (secondary N) is 1. The summed E-state index contributed by atoms with van der Waals surface area (Å²) in [7, 11) is 3.74. The van der Waals surface area contributed by atoms with Gasteiger partial charge in [0.1, 0.15) is 6.26 Å². The lowest BCUT2D eigenvalue weighted by Crippen LogP contribution is -2.17. The summed E-state index contributed by atoms with van der Waals surface area (Å²) in [5, 5.41) is 2.79. The van der Waals surface area contributed by atoms with Gasteiger partial charge in [-0.05, 0) is 18.2 Å². The third-order valence-electron chi connectivity index (χ3n) is 2.24. The first-order valence-electron chi connectivity index (χ1n) is 5.14. The van der Waals surface area contributed by atoms with Gasteiger partial charge in [-0.2, -0.15) is 0 Å². The van der Waals surface area contributed by atoms with Gasteiger partial charge in [0.15, 0.2) is 5.82 Å². The molecule has 0 aliphatic rings. The second kappa shape index (κ2) is 4.69. The monoisotopic (exact) mass is 231 g/mol. The van der Waals surface area contributed by atoms with Crippen LogP contribution in [0.15, 0.2) is 41.3 Å². The van der Waals surface area contributed by atoms with Gasteiger partial charge in [-0.1, -0.05) is 0 Å². The Morgan fingerprint density at radius 2 is 2.24 bits per heavy atom. The predicted molar refractivity (Wildman–Crippen MR) is 65.2 cm³/mol. The van der Waals surface area contributed by atoms with Crippen molar-refractivity contribution in [3.63, 3.8) is 0 Å². The summed E-state index contributed by atoms with van der Waals surface area (Å²) in [6, 6.07) is 5.19. The average molecular weight is 231 g/mol. The molecule has 5 nitrogen and oxygen atoms in total. The number of nitrogens with zero attached hydrogens (tertiary/aromatic N) is 2. The number of amides is 1. The smallest absolute Gasteiger partial charge is 0.259 e. The van der Waals surface area contributed by atoms with Crippen molar-refractivity contribution in [3.8, 4) is 0 Å². The highest BCUT2D eigenvalue weighted by atomic mass is 16.3. The molecule has 0 radical (unpaired) electrons. The molecule has 0 aromatic carbocycles. The van der Waals surface area contributed by atoms with E-state index in [2.05, 4.69) is 10.3 Å². The molecule has 0 spiro atoms. The summed E-state index contributed by atoms with van der Waals surface area (Å²) >= 11 is 0. The van der Waals surface area contributed by atoms with Crippen LogP contribution in [-0.4, -0.2) is 25.0 Å². The lowest BCUT2D eigenvalue weighted by Gasteiger charge is -2.15. The maximum absolute atomic E-state index is 11.8. The molecule has 1 N–H and O–H groups in total. The normalized spacial score (nSPS) is 10.0. The van der Waals surface area contributed by atoms with Gasteiger partial charge in [0, 0.05) is 20.3 Å². The number of anilines is 2. The van der Waals surface area contributed by atoms with Crippen molar-refractivity contribution in [3.05, 3.63) is 42.5 Å². The number of aromatic nitrogens is 1. The lowest BCUT2D eigenvalue weighted by molar-refractivity contribution is 0.102. The number of carbonyl (C=O) groups excluding carboxylic acids is 1. The predicted octanol–water partition coefficient (Wildman–Crippen LogP) is 1.99. The van der Waals surface area contributed by atoms with Crippen LogP contribution in [0.25, 0.3) is 0 Å². The summed E-state index contributed by atoms with van der Waals surface area (Å²) in [4.78, 5) is 17.9. The van der Waals surface area contributed by atoms with E-state index in [4.69, 9.17) is 4.42 Å². The molecule has 0 aliphatic carbocycles. The minimum Gasteiger partial charge on any atom is -0.472 e. The Balaban J connectivity index is 2.22. The molecule has 0 saturated heterocycles. The quantitative estimate of drug-likeness (QED) is 0.877. The highest BCUT2D eigenvalue weighted by molar-refractivity contribution is 6.05. The average Bonchev–Trinajstić information content (AvgIpc) is 2.83. The van der Waals surface area contributed by atoms with Gasteiger partial charge in [0.25, 0.3) is 5.91 Å². The van der Waals surface area contributed by atoms with Gasteiger partial charge in [0.2, 0.25) is 0 Å². The standard InChI is InChI=1S/C12H13N3O2/c1-15(2)11-10(4-3-6-13-11)14-12(16)9-5-7-17-8-9/h3-8H,1-2H3,(H,14,16). The van der Waals surface area contributed by atoms with E-state index in [9.17, 15) is 4.79 Å². The number of furan rings is 1. The van der Waals surface area contributed by atoms with Gasteiger partial charge in [-0.15, -0.1) is 0 Å². The molecule has 2 heterocycles. The fourth-order valence-corrected chi connectivity index (χ4v) is 1.44. The van der Waals surface area contributed by atoms with Gasteiger partial charge in [-0.25, -0.2) is 4.98 Å². The first kappa shape index (κ1) is 11.2. The highest BCUT2D eigenvalue weighted by Gasteiger charge is 2.11. The zero-order valence-corrected chi connectivity index (χ0v) is 9.68. The summed E-state index contributed by atoms with van der Waals surface area (Å²) in [6.45, 7) is 0. The van der Waals surface area contributed by atoms with Gasteiger partial charge in [-0.3, -0.25) is 4.79 Å². The Labute approximate surface area is 99.1 Å². The summed E-state index contributed by atoms with van der Waals surface area (Å²) < 4.78 is 4.86. The molecule has 88 valence electrons. The molecule has 2 aromatic heterocycles. The fraction of sp³-hybridized carbons (Fsp3) is 0.167. The maximum Gasteiger partial charge on any atom is 0.259 e. The Kier molecular flexibility index (Phi) is 3.09. The van der Waals surface area contributed by atoms with Crippen LogP contribution in [0.3, 0.4) is 0 Å². The van der Waals surface area contributed by atoms with Gasteiger partial charge < -0.3 is 14.6 Å². The van der Waals surface area contributed by atoms with Crippen LogP contribution in [0.1, 0.15) is 10.4 Å². The second-order valence-corrected chi connectivity index (χ2v) is 3.74. The van der Waals surface area contributed by atoms with Crippen molar-refractivity contribution in [1.82, 2.24) is 4.98 Å². The van der Waals surface area contributed by atoms with Crippen LogP contribution < -0.4 is 10.2 Å². The number of rotatable bonds is 3. The van der Waals surface area contributed by atoms with E-state index in [1.807, 2.05) is 19.0 Å². The maximum atomic E-state index is 11.8. The Morgan fingerprint density at radius 3 is 2.88 bits per heavy atom. The molecule has 0 unspecified atom stereocenters. The van der Waals surface area contributed by atoms with E-state index in [0.29, 0.717) is 17.1 Å². The first-order valence-corrected chi connectivity index (χ1v) is 5.14. The molecule has 2 aromatic rings. The lowest BCUT2D eigenvalue weighted by atomic mass is 10.3. The van der Waals surface area contributed by atoms with Crippen molar-refractivity contribution in [1.29, 1.82) is 0 Å². The van der Waals surface area contributed by atoms with E-state index in [-0.39, 0.29) is 5.91 Å². The number of hydrogen-bond donors (Lipinski definition) is 1. The van der Waals surface area contributed by atoms with E-state index in [1.165, 1.54) is 12.5 Å². The van der Waals surface area contributed by atoms with Gasteiger partial charge >= 0.3 is 0 Å². The molecule has 2 rings (SSSR count). The number of pyridine rings is 1. The van der Waals surface area contributed by atoms with Crippen molar-refractivity contribution in [2.75, 3.05) is 24.3 Å². The third kappa shape index (κ3) is 2.44.